The van der Waals surface area contributed by atoms with Gasteiger partial charge in [0.1, 0.15) is 0 Å². The minimum atomic E-state index is -0.181. The van der Waals surface area contributed by atoms with Crippen LogP contribution >= 0.6 is 11.6 Å². The highest BCUT2D eigenvalue weighted by Crippen LogP contribution is 2.34. The second-order valence-corrected chi connectivity index (χ2v) is 5.86. The lowest BCUT2D eigenvalue weighted by Crippen LogP contribution is -2.35. The second kappa shape index (κ2) is 5.41. The van der Waals surface area contributed by atoms with Gasteiger partial charge in [0.15, 0.2) is 0 Å². The highest BCUT2D eigenvalue weighted by molar-refractivity contribution is 6.22. The largest absolute Gasteiger partial charge is 0.323 e. The quantitative estimate of drug-likeness (QED) is 0.824. The molecular formula is C17H17ClN2O. The molecule has 1 aliphatic heterocycles. The van der Waals surface area contributed by atoms with E-state index >= 15 is 0 Å². The molecule has 0 aliphatic carbocycles. The molecular weight excluding hydrogens is 284 g/mol. The number of halogens is 1. The standard InChI is InChI=1S/C17H17ClN2O/c1-11-5-3-4-6-14(11)16(18)12-7-8-15-13(9-12)10-20(2)17(21)19-15/h3-9,16H,10H2,1-2H3,(H,19,21). The van der Waals surface area contributed by atoms with Crippen LogP contribution in [0.1, 0.15) is 27.6 Å². The third kappa shape index (κ3) is 2.61. The Bertz CT molecular complexity index is 699. The molecule has 21 heavy (non-hydrogen) atoms. The zero-order valence-corrected chi connectivity index (χ0v) is 12.8. The number of nitrogens with one attached hydrogen (secondary N) is 1. The van der Waals surface area contributed by atoms with E-state index in [4.69, 9.17) is 11.6 Å². The Morgan fingerprint density at radius 2 is 2.00 bits per heavy atom. The van der Waals surface area contributed by atoms with Crippen molar-refractivity contribution in [3.8, 4) is 0 Å². The zero-order valence-electron chi connectivity index (χ0n) is 12.1. The van der Waals surface area contributed by atoms with Crippen LogP contribution in [-0.4, -0.2) is 18.0 Å². The van der Waals surface area contributed by atoms with Gasteiger partial charge >= 0.3 is 6.03 Å². The number of hydrogen-bond donors (Lipinski definition) is 1. The van der Waals surface area contributed by atoms with E-state index in [9.17, 15) is 4.79 Å². The van der Waals surface area contributed by atoms with E-state index in [1.54, 1.807) is 11.9 Å². The minimum Gasteiger partial charge on any atom is -0.323 e. The molecule has 2 aromatic rings. The van der Waals surface area contributed by atoms with E-state index < -0.39 is 0 Å². The zero-order chi connectivity index (χ0) is 15.0. The number of amides is 2. The molecule has 0 radical (unpaired) electrons. The Balaban J connectivity index is 1.96. The summed E-state index contributed by atoms with van der Waals surface area (Å²) in [5.74, 6) is 0. The van der Waals surface area contributed by atoms with Crippen molar-refractivity contribution < 1.29 is 4.79 Å². The summed E-state index contributed by atoms with van der Waals surface area (Å²) < 4.78 is 0. The normalized spacial score (nSPS) is 15.4. The number of fused-ring (bicyclic) bond motifs is 1. The van der Waals surface area contributed by atoms with Crippen LogP contribution in [0.25, 0.3) is 0 Å². The first-order valence-electron chi connectivity index (χ1n) is 6.91. The number of anilines is 1. The topological polar surface area (TPSA) is 32.3 Å². The van der Waals surface area contributed by atoms with Crippen LogP contribution in [0.15, 0.2) is 42.5 Å². The van der Waals surface area contributed by atoms with Crippen LogP contribution in [-0.2, 0) is 6.54 Å². The van der Waals surface area contributed by atoms with Crippen LogP contribution < -0.4 is 5.32 Å². The van der Waals surface area contributed by atoms with Crippen LogP contribution in [0.2, 0.25) is 0 Å². The van der Waals surface area contributed by atoms with Crippen LogP contribution in [0.4, 0.5) is 10.5 Å². The summed E-state index contributed by atoms with van der Waals surface area (Å²) in [7, 11) is 1.78. The van der Waals surface area contributed by atoms with Gasteiger partial charge in [-0.1, -0.05) is 36.4 Å². The molecule has 3 rings (SSSR count). The molecule has 2 aromatic carbocycles. The maximum Gasteiger partial charge on any atom is 0.321 e. The summed E-state index contributed by atoms with van der Waals surface area (Å²) in [4.78, 5) is 13.3. The molecule has 1 heterocycles. The van der Waals surface area contributed by atoms with Crippen molar-refractivity contribution in [3.05, 3.63) is 64.7 Å². The Labute approximate surface area is 129 Å². The maximum atomic E-state index is 11.6. The first-order chi connectivity index (χ1) is 10.1. The number of carbonyl (C=O) groups is 1. The lowest BCUT2D eigenvalue weighted by Gasteiger charge is -2.27. The number of alkyl halides is 1. The Morgan fingerprint density at radius 1 is 1.24 bits per heavy atom. The Kier molecular flexibility index (Phi) is 3.60. The van der Waals surface area contributed by atoms with E-state index in [0.717, 1.165) is 22.4 Å². The van der Waals surface area contributed by atoms with E-state index in [2.05, 4.69) is 30.4 Å². The van der Waals surface area contributed by atoms with Crippen LogP contribution in [0.5, 0.6) is 0 Å². The summed E-state index contributed by atoms with van der Waals surface area (Å²) in [5, 5.41) is 2.69. The van der Waals surface area contributed by atoms with Crippen molar-refractivity contribution in [1.82, 2.24) is 4.90 Å². The molecule has 0 bridgehead atoms. The predicted octanol–water partition coefficient (Wildman–Crippen LogP) is 4.30. The third-order valence-corrected chi connectivity index (χ3v) is 4.37. The average molecular weight is 301 g/mol. The Hall–Kier alpha value is -2.00. The Morgan fingerprint density at radius 3 is 2.76 bits per heavy atom. The van der Waals surface area contributed by atoms with Crippen molar-refractivity contribution in [2.24, 2.45) is 0 Å². The second-order valence-electron chi connectivity index (χ2n) is 5.42. The molecule has 1 N–H and O–H groups in total. The summed E-state index contributed by atoms with van der Waals surface area (Å²) in [6.07, 6.45) is 0. The summed E-state index contributed by atoms with van der Waals surface area (Å²) in [6.45, 7) is 2.67. The van der Waals surface area contributed by atoms with Gasteiger partial charge in [-0.2, -0.15) is 0 Å². The molecule has 1 aliphatic rings. The summed E-state index contributed by atoms with van der Waals surface area (Å²) in [6, 6.07) is 14.1. The lowest BCUT2D eigenvalue weighted by atomic mass is 9.97. The van der Waals surface area contributed by atoms with Gasteiger partial charge in [0.2, 0.25) is 0 Å². The monoisotopic (exact) mass is 300 g/mol. The molecule has 0 fully saturated rings. The van der Waals surface area contributed by atoms with E-state index in [1.807, 2.05) is 24.3 Å². The van der Waals surface area contributed by atoms with Gasteiger partial charge in [0.05, 0.1) is 5.38 Å². The molecule has 4 heteroatoms. The van der Waals surface area contributed by atoms with Gasteiger partial charge in [0, 0.05) is 19.3 Å². The summed E-state index contributed by atoms with van der Waals surface area (Å²) in [5.41, 5.74) is 5.31. The molecule has 1 atom stereocenters. The van der Waals surface area contributed by atoms with Crippen molar-refractivity contribution in [1.29, 1.82) is 0 Å². The van der Waals surface area contributed by atoms with Gasteiger partial charge in [-0.15, -0.1) is 11.6 Å². The number of hydrogen-bond acceptors (Lipinski definition) is 1. The lowest BCUT2D eigenvalue weighted by molar-refractivity contribution is 0.218. The van der Waals surface area contributed by atoms with Crippen molar-refractivity contribution in [2.45, 2.75) is 18.8 Å². The fraction of sp³-hybridized carbons (Fsp3) is 0.235. The molecule has 0 spiro atoms. The number of nitrogens with zero attached hydrogens (tertiary/aromatic N) is 1. The fourth-order valence-electron chi connectivity index (χ4n) is 2.61. The highest BCUT2D eigenvalue weighted by atomic mass is 35.5. The van der Waals surface area contributed by atoms with Gasteiger partial charge < -0.3 is 10.2 Å². The van der Waals surface area contributed by atoms with Crippen molar-refractivity contribution in [2.75, 3.05) is 12.4 Å². The van der Waals surface area contributed by atoms with Crippen LogP contribution in [0, 0.1) is 6.92 Å². The van der Waals surface area contributed by atoms with Crippen molar-refractivity contribution >= 4 is 23.3 Å². The number of carbonyl (C=O) groups excluding carboxylic acids is 1. The smallest absolute Gasteiger partial charge is 0.321 e. The molecule has 2 amide bonds. The molecule has 3 nitrogen and oxygen atoms in total. The van der Waals surface area contributed by atoms with E-state index in [1.165, 1.54) is 5.56 Å². The van der Waals surface area contributed by atoms with Gasteiger partial charge in [-0.3, -0.25) is 0 Å². The predicted molar refractivity (Wildman–Crippen MR) is 85.8 cm³/mol. The maximum absolute atomic E-state index is 11.6. The molecule has 0 saturated heterocycles. The number of urea groups is 1. The van der Waals surface area contributed by atoms with E-state index in [0.29, 0.717) is 6.54 Å². The molecule has 1 unspecified atom stereocenters. The number of rotatable bonds is 2. The molecule has 108 valence electrons. The first kappa shape index (κ1) is 14.0. The van der Waals surface area contributed by atoms with Crippen LogP contribution in [0.3, 0.4) is 0 Å². The number of aryl methyl sites for hydroxylation is 1. The minimum absolute atomic E-state index is 0.0726. The average Bonchev–Trinajstić information content (AvgIpc) is 2.48. The highest BCUT2D eigenvalue weighted by Gasteiger charge is 2.21. The summed E-state index contributed by atoms with van der Waals surface area (Å²) >= 11 is 6.64. The first-order valence-corrected chi connectivity index (χ1v) is 7.34. The van der Waals surface area contributed by atoms with Gasteiger partial charge in [-0.25, -0.2) is 4.79 Å². The van der Waals surface area contributed by atoms with Gasteiger partial charge in [-0.05, 0) is 35.2 Å². The molecule has 0 aromatic heterocycles. The third-order valence-electron chi connectivity index (χ3n) is 3.88. The van der Waals surface area contributed by atoms with Gasteiger partial charge in [0.25, 0.3) is 0 Å². The molecule has 0 saturated carbocycles. The fourth-order valence-corrected chi connectivity index (χ4v) is 2.99. The number of benzene rings is 2. The van der Waals surface area contributed by atoms with Crippen molar-refractivity contribution in [3.63, 3.8) is 0 Å². The SMILES string of the molecule is Cc1ccccc1C(Cl)c1ccc2c(c1)CN(C)C(=O)N2. The van der Waals surface area contributed by atoms with E-state index in [-0.39, 0.29) is 11.4 Å².